The molecule has 0 amide bonds. The van der Waals surface area contributed by atoms with Crippen LogP contribution in [0.25, 0.3) is 0 Å². The summed E-state index contributed by atoms with van der Waals surface area (Å²) in [4.78, 5) is 13.3. The van der Waals surface area contributed by atoms with Crippen molar-refractivity contribution < 1.29 is 14.6 Å². The van der Waals surface area contributed by atoms with Gasteiger partial charge in [0.2, 0.25) is 0 Å². The van der Waals surface area contributed by atoms with Crippen LogP contribution in [0.4, 0.5) is 5.69 Å². The average molecular weight is 297 g/mol. The highest BCUT2D eigenvalue weighted by Gasteiger charge is 2.19. The minimum Gasteiger partial charge on any atom is -0.478 e. The summed E-state index contributed by atoms with van der Waals surface area (Å²) >= 11 is 0. The smallest absolute Gasteiger partial charge is 0.335 e. The predicted octanol–water partition coefficient (Wildman–Crippen LogP) is 3.93. The summed E-state index contributed by atoms with van der Waals surface area (Å²) in [6, 6.07) is 11.3. The molecule has 0 bridgehead atoms. The molecule has 0 saturated heterocycles. The molecule has 0 unspecified atom stereocenters. The number of aromatic carboxylic acids is 1. The fourth-order valence-electron chi connectivity index (χ4n) is 2.84. The first-order valence-corrected chi connectivity index (χ1v) is 7.54. The molecule has 3 rings (SSSR count). The summed E-state index contributed by atoms with van der Waals surface area (Å²) in [5, 5.41) is 9.09. The van der Waals surface area contributed by atoms with Crippen molar-refractivity contribution in [2.75, 3.05) is 18.0 Å². The molecule has 1 aliphatic rings. The molecule has 4 nitrogen and oxygen atoms in total. The van der Waals surface area contributed by atoms with Crippen LogP contribution < -0.4 is 9.64 Å². The van der Waals surface area contributed by atoms with Crippen LogP contribution in [0.3, 0.4) is 0 Å². The molecule has 0 radical (unpaired) electrons. The molecule has 0 atom stereocenters. The Morgan fingerprint density at radius 1 is 1.09 bits per heavy atom. The third-order valence-corrected chi connectivity index (χ3v) is 4.09. The van der Waals surface area contributed by atoms with E-state index in [2.05, 4.69) is 36.9 Å². The number of ether oxygens (including phenoxy) is 1. The Labute approximate surface area is 130 Å². The number of benzene rings is 2. The van der Waals surface area contributed by atoms with Crippen LogP contribution in [0.2, 0.25) is 0 Å². The van der Waals surface area contributed by atoms with Gasteiger partial charge in [0.1, 0.15) is 11.5 Å². The second kappa shape index (κ2) is 5.72. The maximum atomic E-state index is 11.1. The molecule has 0 spiro atoms. The number of hydrogen-bond acceptors (Lipinski definition) is 3. The van der Waals surface area contributed by atoms with Crippen molar-refractivity contribution in [2.45, 2.75) is 20.3 Å². The van der Waals surface area contributed by atoms with Gasteiger partial charge in [0.05, 0.1) is 5.56 Å². The first-order valence-electron chi connectivity index (χ1n) is 7.54. The summed E-state index contributed by atoms with van der Waals surface area (Å²) in [7, 11) is 0. The molecule has 0 aliphatic carbocycles. The number of carboxylic acid groups (broad SMARTS) is 1. The van der Waals surface area contributed by atoms with Gasteiger partial charge in [-0.15, -0.1) is 0 Å². The Kier molecular flexibility index (Phi) is 3.75. The van der Waals surface area contributed by atoms with Crippen LogP contribution in [-0.2, 0) is 6.42 Å². The number of hydrogen-bond donors (Lipinski definition) is 1. The summed E-state index contributed by atoms with van der Waals surface area (Å²) < 4.78 is 5.97. The lowest BCUT2D eigenvalue weighted by molar-refractivity contribution is 0.0696. The molecular weight excluding hydrogens is 278 g/mol. The van der Waals surface area contributed by atoms with Crippen LogP contribution in [0.1, 0.15) is 35.3 Å². The van der Waals surface area contributed by atoms with Gasteiger partial charge in [-0.25, -0.2) is 4.79 Å². The third kappa shape index (κ3) is 2.52. The van der Waals surface area contributed by atoms with Gasteiger partial charge in [0, 0.05) is 36.8 Å². The molecule has 1 aliphatic heterocycles. The predicted molar refractivity (Wildman–Crippen MR) is 86.3 cm³/mol. The topological polar surface area (TPSA) is 49.8 Å². The van der Waals surface area contributed by atoms with Gasteiger partial charge in [0.15, 0.2) is 0 Å². The zero-order valence-corrected chi connectivity index (χ0v) is 12.8. The number of fused-ring (bicyclic) bond motifs is 2. The number of carbonyl (C=O) groups is 1. The fraction of sp³-hybridized carbons (Fsp3) is 0.278. The van der Waals surface area contributed by atoms with E-state index < -0.39 is 5.97 Å². The van der Waals surface area contributed by atoms with Crippen molar-refractivity contribution in [1.82, 2.24) is 0 Å². The first kappa shape index (κ1) is 14.4. The zero-order chi connectivity index (χ0) is 15.7. The summed E-state index contributed by atoms with van der Waals surface area (Å²) in [5.74, 6) is 0.694. The van der Waals surface area contributed by atoms with Gasteiger partial charge in [-0.1, -0.05) is 6.07 Å². The van der Waals surface area contributed by atoms with E-state index in [1.54, 1.807) is 18.2 Å². The number of nitrogens with zero attached hydrogens (tertiary/aromatic N) is 1. The molecule has 2 aromatic rings. The lowest BCUT2D eigenvalue weighted by atomic mass is 9.98. The normalized spacial score (nSPS) is 12.1. The van der Waals surface area contributed by atoms with Crippen molar-refractivity contribution in [3.8, 4) is 11.5 Å². The Morgan fingerprint density at radius 3 is 2.55 bits per heavy atom. The first-order chi connectivity index (χ1) is 10.6. The van der Waals surface area contributed by atoms with Crippen molar-refractivity contribution >= 4 is 11.7 Å². The minimum atomic E-state index is -0.912. The van der Waals surface area contributed by atoms with Crippen LogP contribution in [0, 0.1) is 0 Å². The van der Waals surface area contributed by atoms with Crippen molar-refractivity contribution in [1.29, 1.82) is 0 Å². The van der Waals surface area contributed by atoms with Gasteiger partial charge in [-0.05, 0) is 43.7 Å². The number of anilines is 1. The molecule has 4 heteroatoms. The lowest BCUT2D eigenvalue weighted by Gasteiger charge is -2.25. The van der Waals surface area contributed by atoms with Crippen molar-refractivity contribution in [2.24, 2.45) is 0 Å². The quantitative estimate of drug-likeness (QED) is 0.792. The zero-order valence-electron chi connectivity index (χ0n) is 12.8. The van der Waals surface area contributed by atoms with Crippen LogP contribution >= 0.6 is 0 Å². The minimum absolute atomic E-state index is 0.297. The standard InChI is InChI=1S/C18H19NO3/c1-3-19(4-2)15-7-5-12-9-14-10-13(18(20)21)6-8-16(14)22-17(12)11-15/h5-8,10-11H,3-4,9H2,1-2H3,(H,20,21). The second-order valence-electron chi connectivity index (χ2n) is 5.37. The fourth-order valence-corrected chi connectivity index (χ4v) is 2.84. The van der Waals surface area contributed by atoms with E-state index in [0.717, 1.165) is 41.4 Å². The van der Waals surface area contributed by atoms with E-state index in [9.17, 15) is 4.79 Å². The van der Waals surface area contributed by atoms with Gasteiger partial charge >= 0.3 is 5.97 Å². The van der Waals surface area contributed by atoms with Gasteiger partial charge in [0.25, 0.3) is 0 Å². The molecule has 0 fully saturated rings. The van der Waals surface area contributed by atoms with Crippen LogP contribution in [0.15, 0.2) is 36.4 Å². The Morgan fingerprint density at radius 2 is 1.86 bits per heavy atom. The largest absolute Gasteiger partial charge is 0.478 e. The van der Waals surface area contributed by atoms with Gasteiger partial charge in [-0.3, -0.25) is 0 Å². The summed E-state index contributed by atoms with van der Waals surface area (Å²) in [6.45, 7) is 6.17. The second-order valence-corrected chi connectivity index (χ2v) is 5.37. The maximum absolute atomic E-state index is 11.1. The lowest BCUT2D eigenvalue weighted by Crippen LogP contribution is -2.21. The van der Waals surface area contributed by atoms with Crippen molar-refractivity contribution in [3.05, 3.63) is 53.1 Å². The summed E-state index contributed by atoms with van der Waals surface area (Å²) in [5.41, 5.74) is 3.45. The van der Waals surface area contributed by atoms with E-state index in [0.29, 0.717) is 12.0 Å². The number of rotatable bonds is 4. The molecule has 114 valence electrons. The van der Waals surface area contributed by atoms with E-state index in [1.165, 1.54) is 0 Å². The summed E-state index contributed by atoms with van der Waals surface area (Å²) in [6.07, 6.45) is 0.699. The van der Waals surface area contributed by atoms with E-state index in [4.69, 9.17) is 9.84 Å². The molecule has 0 saturated carbocycles. The SMILES string of the molecule is CCN(CC)c1ccc2c(c1)Oc1ccc(C(=O)O)cc1C2. The molecule has 0 aromatic heterocycles. The highest BCUT2D eigenvalue weighted by Crippen LogP contribution is 2.38. The molecule has 2 aromatic carbocycles. The van der Waals surface area contributed by atoms with E-state index in [-0.39, 0.29) is 0 Å². The molecule has 1 heterocycles. The van der Waals surface area contributed by atoms with Crippen LogP contribution in [0.5, 0.6) is 11.5 Å². The van der Waals surface area contributed by atoms with Gasteiger partial charge < -0.3 is 14.7 Å². The molecule has 22 heavy (non-hydrogen) atoms. The molecule has 1 N–H and O–H groups in total. The molecular formula is C18H19NO3. The van der Waals surface area contributed by atoms with Crippen LogP contribution in [-0.4, -0.2) is 24.2 Å². The van der Waals surface area contributed by atoms with E-state index in [1.807, 2.05) is 0 Å². The highest BCUT2D eigenvalue weighted by molar-refractivity contribution is 5.88. The average Bonchev–Trinajstić information content (AvgIpc) is 2.53. The third-order valence-electron chi connectivity index (χ3n) is 4.09. The van der Waals surface area contributed by atoms with E-state index >= 15 is 0 Å². The Balaban J connectivity index is 1.94. The van der Waals surface area contributed by atoms with Crippen molar-refractivity contribution in [3.63, 3.8) is 0 Å². The maximum Gasteiger partial charge on any atom is 0.335 e. The number of carboxylic acids is 1. The highest BCUT2D eigenvalue weighted by atomic mass is 16.5. The Bertz CT molecular complexity index is 720. The van der Waals surface area contributed by atoms with Gasteiger partial charge in [-0.2, -0.15) is 0 Å². The monoisotopic (exact) mass is 297 g/mol. The Hall–Kier alpha value is -2.49.